The number of aldehydes is 7. The van der Waals surface area contributed by atoms with Gasteiger partial charge >= 0.3 is 11.4 Å². The number of Topliss-reactive ketones (excluding diaryl/α,β-unsaturated/α-hetero) is 1. The third-order valence-corrected chi connectivity index (χ3v) is 23.3. The number of hydrogen-bond donors (Lipinski definition) is 7. The van der Waals surface area contributed by atoms with Gasteiger partial charge in [0.1, 0.15) is 0 Å². The molecule has 0 saturated heterocycles. The minimum Gasteiger partial charge on any atom is -0.504 e. The third kappa shape index (κ3) is 22.9. The van der Waals surface area contributed by atoms with Gasteiger partial charge in [-0.3, -0.25) is 83.5 Å². The summed E-state index contributed by atoms with van der Waals surface area (Å²) in [7, 11) is 5.80. The molecule has 31 nitrogen and oxygen atoms in total. The minimum atomic E-state index is -0.822. The van der Waals surface area contributed by atoms with E-state index < -0.39 is 55.9 Å². The fourth-order valence-corrected chi connectivity index (χ4v) is 15.9. The average molecular weight is 1940 g/mol. The van der Waals surface area contributed by atoms with Gasteiger partial charge in [0, 0.05) is 116 Å². The number of ketones is 1. The zero-order valence-corrected chi connectivity index (χ0v) is 76.6. The van der Waals surface area contributed by atoms with Crippen molar-refractivity contribution in [2.75, 3.05) is 28.4 Å². The molecule has 0 bridgehead atoms. The monoisotopic (exact) mass is 1940 g/mol. The van der Waals surface area contributed by atoms with Crippen LogP contribution in [0.4, 0.5) is 20.2 Å². The molecule has 0 spiro atoms. The van der Waals surface area contributed by atoms with Crippen molar-refractivity contribution in [3.63, 3.8) is 0 Å². The number of nitrogens with zero attached hydrogens (tertiary/aromatic N) is 8. The summed E-state index contributed by atoms with van der Waals surface area (Å²) in [6, 6.07) is 70.5. The highest BCUT2D eigenvalue weighted by molar-refractivity contribution is 7.17. The number of nitro groups is 2. The molecule has 19 rings (SSSR count). The third-order valence-electron chi connectivity index (χ3n) is 22.0. The number of benzene rings is 12. The minimum absolute atomic E-state index is 0.00222. The van der Waals surface area contributed by atoms with Crippen LogP contribution in [0.2, 0.25) is 0 Å². The Labute approximate surface area is 813 Å². The molecule has 0 fully saturated rings. The number of halogens is 2. The second-order valence-electron chi connectivity index (χ2n) is 30.6. The Hall–Kier alpha value is -19.6. The molecule has 7 aromatic heterocycles. The van der Waals surface area contributed by atoms with Gasteiger partial charge < -0.3 is 54.7 Å². The molecule has 0 unspecified atom stereocenters. The standard InChI is InChI=1S/2C17H13NO3.2C16H10FNO2.C16H10N2O4.C14H12O4S.C13H10N2O5/c1-21-16-9-11(8-12(10-19)17(16)20)13-4-2-6-15-14(13)5-3-7-18-15;1-21-16-7-12(6-13(10-19)17(16)20)15-9-18-8-11-4-2-3-5-14(11)15;17-14-8-10(7-11(9-19)16(14)20)12-3-1-5-15-13(12)4-2-6-18-15;17-15-6-11(5-12(9-19)16(15)20)14-8-18-7-10-3-1-2-4-13(10)14;19-9-11-7-10(8-15(16(11)20)18(21)22)12-3-1-5-14-13(12)4-2-6-17-14;1-8(16)12-3-4-13(19-12)9-5-10(7-15)14(17)11(6-9)18-2;1-20-12-3-2-8(6-14-12)9-4-10(7-16)13(17)11(5-9)15(18)19/h2*2-10,20H,1H3;2*1-9,20H;1-9,20H;3-7,17H,1-2H3;2-7,17H,1H3. The highest BCUT2D eigenvalue weighted by Crippen LogP contribution is 2.44. The summed E-state index contributed by atoms with van der Waals surface area (Å²) >= 11 is 1.34. The number of methoxy groups -OCH3 is 4. The molecular weight excluding hydrogens is 1860 g/mol. The first kappa shape index (κ1) is 101. The van der Waals surface area contributed by atoms with Gasteiger partial charge in [0.05, 0.1) is 98.7 Å². The van der Waals surface area contributed by atoms with Crippen LogP contribution in [0.15, 0.2) is 298 Å². The van der Waals surface area contributed by atoms with Crippen LogP contribution in [0.1, 0.15) is 89.1 Å². The molecule has 0 aliphatic rings. The first-order valence-electron chi connectivity index (χ1n) is 42.4. The molecule has 0 aliphatic heterocycles. The lowest BCUT2D eigenvalue weighted by molar-refractivity contribution is -0.386. The number of aromatic hydroxyl groups is 7. The number of fused-ring (bicyclic) bond motifs is 5. The number of hydrogen-bond acceptors (Lipinski definition) is 30. The van der Waals surface area contributed by atoms with Gasteiger partial charge in [0.2, 0.25) is 17.4 Å². The summed E-state index contributed by atoms with van der Waals surface area (Å²) in [6.45, 7) is 1.50. The lowest BCUT2D eigenvalue weighted by Gasteiger charge is -2.11. The zero-order valence-electron chi connectivity index (χ0n) is 75.7. The molecule has 7 heterocycles. The Kier molecular flexibility index (Phi) is 32.6. The van der Waals surface area contributed by atoms with E-state index in [0.717, 1.165) is 92.5 Å². The molecule has 0 aliphatic carbocycles. The number of thiophene rings is 1. The highest BCUT2D eigenvalue weighted by atomic mass is 32.1. The molecule has 0 atom stereocenters. The van der Waals surface area contributed by atoms with E-state index in [2.05, 4.69) is 29.9 Å². The number of rotatable bonds is 21. The maximum atomic E-state index is 13.7. The number of ether oxygens (including phenoxy) is 4. The van der Waals surface area contributed by atoms with Gasteiger partial charge in [-0.15, -0.1) is 11.3 Å². The summed E-state index contributed by atoms with van der Waals surface area (Å²) in [5, 5.41) is 96.3. The van der Waals surface area contributed by atoms with Gasteiger partial charge in [0.15, 0.2) is 107 Å². The van der Waals surface area contributed by atoms with E-state index in [-0.39, 0.29) is 79.2 Å². The molecular formula is C109H78F2N8O23S. The maximum absolute atomic E-state index is 13.7. The number of nitro benzene ring substituents is 2. The molecule has 0 saturated carbocycles. The predicted octanol–water partition coefficient (Wildman–Crippen LogP) is 22.6. The lowest BCUT2D eigenvalue weighted by Crippen LogP contribution is -1.94. The van der Waals surface area contributed by atoms with E-state index >= 15 is 0 Å². The maximum Gasteiger partial charge on any atom is 0.312 e. The van der Waals surface area contributed by atoms with Crippen LogP contribution in [0.25, 0.3) is 131 Å². The van der Waals surface area contributed by atoms with E-state index in [1.807, 2.05) is 121 Å². The Bertz CT molecular complexity index is 7850. The van der Waals surface area contributed by atoms with Crippen LogP contribution >= 0.6 is 11.3 Å². The van der Waals surface area contributed by atoms with Gasteiger partial charge in [-0.2, -0.15) is 0 Å². The predicted molar refractivity (Wildman–Crippen MR) is 534 cm³/mol. The van der Waals surface area contributed by atoms with Crippen LogP contribution in [0.3, 0.4) is 0 Å². The van der Waals surface area contributed by atoms with E-state index in [1.54, 1.807) is 122 Å². The van der Waals surface area contributed by atoms with Crippen molar-refractivity contribution in [3.05, 3.63) is 374 Å². The molecule has 12 aromatic carbocycles. The Morgan fingerprint density at radius 1 is 0.322 bits per heavy atom. The van der Waals surface area contributed by atoms with Crippen molar-refractivity contribution in [3.8, 4) is 141 Å². The van der Waals surface area contributed by atoms with Crippen molar-refractivity contribution in [1.82, 2.24) is 29.9 Å². The smallest absolute Gasteiger partial charge is 0.312 e. The van der Waals surface area contributed by atoms with Crippen molar-refractivity contribution in [1.29, 1.82) is 0 Å². The van der Waals surface area contributed by atoms with Gasteiger partial charge in [-0.25, -0.2) is 13.8 Å². The summed E-state index contributed by atoms with van der Waals surface area (Å²) in [5.41, 5.74) is 10.3. The molecule has 143 heavy (non-hydrogen) atoms. The van der Waals surface area contributed by atoms with Gasteiger partial charge in [0.25, 0.3) is 0 Å². The second-order valence-corrected chi connectivity index (χ2v) is 31.7. The van der Waals surface area contributed by atoms with Crippen LogP contribution in [-0.2, 0) is 0 Å². The number of aromatic nitrogens is 6. The summed E-state index contributed by atoms with van der Waals surface area (Å²) in [4.78, 5) is 135. The first-order valence-corrected chi connectivity index (χ1v) is 43.2. The number of carbonyl (C=O) groups is 8. The largest absolute Gasteiger partial charge is 0.504 e. The van der Waals surface area contributed by atoms with Crippen molar-refractivity contribution >= 4 is 127 Å². The Morgan fingerprint density at radius 3 is 1.02 bits per heavy atom. The Balaban J connectivity index is 0.000000140. The summed E-state index contributed by atoms with van der Waals surface area (Å²) in [6.07, 6.45) is 16.8. The highest BCUT2D eigenvalue weighted by Gasteiger charge is 2.25. The first-order chi connectivity index (χ1) is 69.1. The average Bonchev–Trinajstić information content (AvgIpc) is 1.63. The molecule has 34 heteroatoms. The topological polar surface area (TPSA) is 479 Å². The van der Waals surface area contributed by atoms with Crippen molar-refractivity contribution in [2.24, 2.45) is 0 Å². The zero-order chi connectivity index (χ0) is 102. The lowest BCUT2D eigenvalue weighted by atomic mass is 9.98. The number of phenolic OH excluding ortho intramolecular Hbond substituents is 7. The van der Waals surface area contributed by atoms with Gasteiger partial charge in [-0.1, -0.05) is 103 Å². The van der Waals surface area contributed by atoms with Crippen molar-refractivity contribution in [2.45, 2.75) is 6.92 Å². The van der Waals surface area contributed by atoms with E-state index in [1.165, 1.54) is 101 Å². The van der Waals surface area contributed by atoms with Gasteiger partial charge in [-0.05, 0) is 201 Å². The molecule has 7 N–H and O–H groups in total. The molecule has 0 radical (unpaired) electrons. The SMILES string of the molecule is COc1cc(-c2ccc(C(C)=O)s2)cc(C=O)c1O.COc1cc(-c2cccc3ncccc23)cc(C=O)c1O.COc1cc(-c2cncc3ccccc23)cc(C=O)c1O.COc1ccc(-c2cc(C=O)c(O)c([N+](=O)[O-])c2)cn1.O=Cc1cc(-c2cccc3ncccc23)cc(F)c1O.O=Cc1cc(-c2cccc3ncccc23)cc([N+](=O)[O-])c1O.O=Cc1cc(-c2cncc3ccccc23)cc(F)c1O. The van der Waals surface area contributed by atoms with Crippen LogP contribution in [0.5, 0.6) is 63.4 Å². The molecule has 19 aromatic rings. The summed E-state index contributed by atoms with van der Waals surface area (Å²) in [5.74, 6) is -3.45. The fraction of sp³-hybridized carbons (Fsp3) is 0.0459. The fourth-order valence-electron chi connectivity index (χ4n) is 15.0. The van der Waals surface area contributed by atoms with E-state index in [9.17, 15) is 103 Å². The quantitative estimate of drug-likeness (QED) is 0.0152. The second kappa shape index (κ2) is 46.3. The van der Waals surface area contributed by atoms with E-state index in [0.29, 0.717) is 93.7 Å². The van der Waals surface area contributed by atoms with Crippen molar-refractivity contribution < 1.29 is 112 Å². The van der Waals surface area contributed by atoms with Crippen LogP contribution in [0, 0.1) is 31.9 Å². The normalized spacial score (nSPS) is 10.5. The van der Waals surface area contributed by atoms with E-state index in [4.69, 9.17) is 18.9 Å². The Morgan fingerprint density at radius 2 is 0.657 bits per heavy atom. The molecule has 712 valence electrons. The number of carbonyl (C=O) groups excluding carboxylic acids is 8. The number of phenols is 7. The number of pyridine rings is 6. The van der Waals surface area contributed by atoms with Crippen LogP contribution < -0.4 is 18.9 Å². The summed E-state index contributed by atoms with van der Waals surface area (Å²) < 4.78 is 47.6. The van der Waals surface area contributed by atoms with Crippen LogP contribution in [-0.4, -0.2) is 154 Å². The molecule has 0 amide bonds.